The van der Waals surface area contributed by atoms with Crippen molar-refractivity contribution in [3.8, 4) is 0 Å². The molecule has 1 N–H and O–H groups in total. The number of methoxy groups -OCH3 is 1. The first-order valence-electron chi connectivity index (χ1n) is 8.32. The predicted octanol–water partition coefficient (Wildman–Crippen LogP) is 4.84. The van der Waals surface area contributed by atoms with E-state index in [-0.39, 0.29) is 5.78 Å². The number of carbonyl (C=O) groups excluding carboxylic acids is 1. The molecule has 0 radical (unpaired) electrons. The van der Waals surface area contributed by atoms with Crippen molar-refractivity contribution in [2.45, 2.75) is 12.2 Å². The van der Waals surface area contributed by atoms with Crippen molar-refractivity contribution in [2.75, 3.05) is 7.11 Å². The van der Waals surface area contributed by atoms with Crippen molar-refractivity contribution in [1.29, 1.82) is 0 Å². The van der Waals surface area contributed by atoms with Gasteiger partial charge in [-0.3, -0.25) is 4.79 Å². The summed E-state index contributed by atoms with van der Waals surface area (Å²) in [6.07, 6.45) is -0.971. The van der Waals surface area contributed by atoms with Gasteiger partial charge in [-0.25, -0.2) is 10.1 Å². The van der Waals surface area contributed by atoms with Gasteiger partial charge >= 0.3 is 0 Å². The highest BCUT2D eigenvalue weighted by molar-refractivity contribution is 6.03. The van der Waals surface area contributed by atoms with Gasteiger partial charge in [0.2, 0.25) is 6.29 Å². The zero-order chi connectivity index (χ0) is 18.4. The highest BCUT2D eigenvalue weighted by Crippen LogP contribution is 2.34. The molecule has 0 aromatic heterocycles. The average molecular weight is 348 g/mol. The maximum absolute atomic E-state index is 13.4. The van der Waals surface area contributed by atoms with E-state index in [1.54, 1.807) is 18.2 Å². The van der Waals surface area contributed by atoms with Gasteiger partial charge in [-0.1, -0.05) is 84.9 Å². The molecule has 2 unspecified atom stereocenters. The van der Waals surface area contributed by atoms with Crippen LogP contribution in [-0.4, -0.2) is 18.2 Å². The molecule has 0 saturated carbocycles. The molecule has 0 heterocycles. The molecular weight excluding hydrogens is 328 g/mol. The van der Waals surface area contributed by atoms with E-state index in [0.717, 1.165) is 11.1 Å². The van der Waals surface area contributed by atoms with Gasteiger partial charge in [-0.05, 0) is 11.1 Å². The van der Waals surface area contributed by atoms with E-state index >= 15 is 0 Å². The Morgan fingerprint density at radius 2 is 1.35 bits per heavy atom. The molecule has 0 spiro atoms. The Morgan fingerprint density at radius 1 is 0.808 bits per heavy atom. The second-order valence-electron chi connectivity index (χ2n) is 5.88. The summed E-state index contributed by atoms with van der Waals surface area (Å²) < 4.78 is 5.21. The van der Waals surface area contributed by atoms with Crippen LogP contribution in [0.5, 0.6) is 0 Å². The van der Waals surface area contributed by atoms with E-state index < -0.39 is 12.2 Å². The quantitative estimate of drug-likeness (QED) is 0.287. The van der Waals surface area contributed by atoms with Gasteiger partial charge in [0.1, 0.15) is 0 Å². The van der Waals surface area contributed by atoms with Crippen LogP contribution < -0.4 is 0 Å². The molecule has 132 valence electrons. The molecule has 0 fully saturated rings. The Bertz CT molecular complexity index is 842. The number of ether oxygens (including phenoxy) is 1. The van der Waals surface area contributed by atoms with Gasteiger partial charge in [0.05, 0.1) is 5.92 Å². The molecular formula is C22H20O4. The first-order chi connectivity index (χ1) is 12.8. The van der Waals surface area contributed by atoms with Crippen LogP contribution in [0.4, 0.5) is 0 Å². The number of rotatable bonds is 7. The molecule has 2 atom stereocenters. The fraction of sp³-hybridized carbons (Fsp3) is 0.136. The van der Waals surface area contributed by atoms with Crippen LogP contribution in [0, 0.1) is 0 Å². The Morgan fingerprint density at radius 3 is 1.92 bits per heavy atom. The topological polar surface area (TPSA) is 55.8 Å². The molecule has 4 nitrogen and oxygen atoms in total. The smallest absolute Gasteiger partial charge is 0.217 e. The number of Topliss-reactive ketones (excluding diaryl/α,β-unsaturated/α-hetero) is 1. The summed E-state index contributed by atoms with van der Waals surface area (Å²) in [5.41, 5.74) is 2.82. The summed E-state index contributed by atoms with van der Waals surface area (Å²) >= 11 is 0. The van der Waals surface area contributed by atoms with Crippen LogP contribution in [0.15, 0.2) is 84.9 Å². The Labute approximate surface area is 152 Å². The van der Waals surface area contributed by atoms with Crippen LogP contribution in [0.3, 0.4) is 0 Å². The lowest BCUT2D eigenvalue weighted by atomic mass is 9.82. The minimum absolute atomic E-state index is 0.0305. The maximum atomic E-state index is 13.4. The van der Waals surface area contributed by atoms with Crippen molar-refractivity contribution in [1.82, 2.24) is 0 Å². The maximum Gasteiger partial charge on any atom is 0.217 e. The summed E-state index contributed by atoms with van der Waals surface area (Å²) in [5.74, 6) is -0.570. The number of carbonyl (C=O) groups is 1. The summed E-state index contributed by atoms with van der Waals surface area (Å²) in [6, 6.07) is 26.0. The lowest BCUT2D eigenvalue weighted by Gasteiger charge is -2.23. The highest BCUT2D eigenvalue weighted by Gasteiger charge is 2.28. The van der Waals surface area contributed by atoms with Crippen molar-refractivity contribution >= 4 is 5.78 Å². The molecule has 0 amide bonds. The Hall–Kier alpha value is -2.79. The van der Waals surface area contributed by atoms with Crippen molar-refractivity contribution < 1.29 is 19.7 Å². The number of ketones is 1. The number of benzene rings is 3. The summed E-state index contributed by atoms with van der Waals surface area (Å²) in [6.45, 7) is 0. The fourth-order valence-electron chi connectivity index (χ4n) is 3.10. The SMILES string of the molecule is COC(OO)c1ccccc1C(C(=O)c1ccccc1)c1ccccc1. The van der Waals surface area contributed by atoms with Crippen LogP contribution in [0.25, 0.3) is 0 Å². The van der Waals surface area contributed by atoms with Gasteiger partial charge in [0.15, 0.2) is 5.78 Å². The lowest BCUT2D eigenvalue weighted by Crippen LogP contribution is -2.18. The number of hydrogen-bond acceptors (Lipinski definition) is 4. The monoisotopic (exact) mass is 348 g/mol. The van der Waals surface area contributed by atoms with Crippen molar-refractivity contribution in [2.24, 2.45) is 0 Å². The average Bonchev–Trinajstić information content (AvgIpc) is 2.71. The van der Waals surface area contributed by atoms with Crippen molar-refractivity contribution in [3.05, 3.63) is 107 Å². The fourth-order valence-corrected chi connectivity index (χ4v) is 3.10. The van der Waals surface area contributed by atoms with Crippen molar-refractivity contribution in [3.63, 3.8) is 0 Å². The molecule has 26 heavy (non-hydrogen) atoms. The third kappa shape index (κ3) is 3.73. The second-order valence-corrected chi connectivity index (χ2v) is 5.88. The third-order valence-corrected chi connectivity index (χ3v) is 4.32. The van der Waals surface area contributed by atoms with Crippen LogP contribution in [-0.2, 0) is 9.62 Å². The highest BCUT2D eigenvalue weighted by atomic mass is 17.1. The van der Waals surface area contributed by atoms with Gasteiger partial charge in [-0.15, -0.1) is 0 Å². The molecule has 0 bridgehead atoms. The summed E-state index contributed by atoms with van der Waals surface area (Å²) in [5, 5.41) is 9.20. The Balaban J connectivity index is 2.15. The molecule has 0 aliphatic heterocycles. The van der Waals surface area contributed by atoms with E-state index in [2.05, 4.69) is 4.89 Å². The molecule has 3 aromatic carbocycles. The van der Waals surface area contributed by atoms with Crippen LogP contribution in [0.2, 0.25) is 0 Å². The van der Waals surface area contributed by atoms with E-state index in [1.807, 2.05) is 66.7 Å². The molecule has 0 saturated heterocycles. The lowest BCUT2D eigenvalue weighted by molar-refractivity contribution is -0.345. The zero-order valence-corrected chi connectivity index (χ0v) is 14.4. The van der Waals surface area contributed by atoms with Crippen LogP contribution >= 0.6 is 0 Å². The van der Waals surface area contributed by atoms with Crippen LogP contribution in [0.1, 0.15) is 39.3 Å². The van der Waals surface area contributed by atoms with Gasteiger partial charge in [-0.2, -0.15) is 0 Å². The van der Waals surface area contributed by atoms with Gasteiger partial charge < -0.3 is 4.74 Å². The molecule has 4 heteroatoms. The minimum Gasteiger partial charge on any atom is -0.349 e. The number of hydrogen-bond donors (Lipinski definition) is 1. The molecule has 3 rings (SSSR count). The first-order valence-corrected chi connectivity index (χ1v) is 8.32. The van der Waals surface area contributed by atoms with E-state index in [0.29, 0.717) is 11.1 Å². The molecule has 0 aliphatic rings. The summed E-state index contributed by atoms with van der Waals surface area (Å²) in [4.78, 5) is 17.8. The summed E-state index contributed by atoms with van der Waals surface area (Å²) in [7, 11) is 1.44. The third-order valence-electron chi connectivity index (χ3n) is 4.32. The van der Waals surface area contributed by atoms with Gasteiger partial charge in [0, 0.05) is 18.2 Å². The predicted molar refractivity (Wildman–Crippen MR) is 99.0 cm³/mol. The normalized spacial score (nSPS) is 13.2. The zero-order valence-electron chi connectivity index (χ0n) is 14.4. The van der Waals surface area contributed by atoms with E-state index in [1.165, 1.54) is 7.11 Å². The second kappa shape index (κ2) is 8.54. The largest absolute Gasteiger partial charge is 0.349 e. The molecule has 3 aromatic rings. The Kier molecular flexibility index (Phi) is 5.92. The molecule has 0 aliphatic carbocycles. The van der Waals surface area contributed by atoms with Gasteiger partial charge in [0.25, 0.3) is 0 Å². The van der Waals surface area contributed by atoms with E-state index in [9.17, 15) is 10.1 Å². The minimum atomic E-state index is -0.971. The first kappa shape index (κ1) is 18.0. The van der Waals surface area contributed by atoms with E-state index in [4.69, 9.17) is 4.74 Å². The standard InChI is InChI=1S/C22H20O4/c1-25-22(26-24)19-15-9-8-14-18(19)20(16-10-4-2-5-11-16)21(23)17-12-6-3-7-13-17/h2-15,20,22,24H,1H3.